The van der Waals surface area contributed by atoms with Crippen molar-refractivity contribution < 1.29 is 8.42 Å². The summed E-state index contributed by atoms with van der Waals surface area (Å²) in [5.74, 6) is 0.163. The van der Waals surface area contributed by atoms with Crippen LogP contribution in [0.2, 0.25) is 10.0 Å². The van der Waals surface area contributed by atoms with Crippen LogP contribution in [0.4, 0.5) is 0 Å². The molecule has 0 saturated heterocycles. The first-order valence-electron chi connectivity index (χ1n) is 5.49. The molecule has 1 aromatic heterocycles. The third kappa shape index (κ3) is 5.10. The van der Waals surface area contributed by atoms with Gasteiger partial charge in [0.1, 0.15) is 9.84 Å². The second-order valence-electron chi connectivity index (χ2n) is 4.13. The molecule has 0 aromatic carbocycles. The summed E-state index contributed by atoms with van der Waals surface area (Å²) < 4.78 is 22.1. The van der Waals surface area contributed by atoms with E-state index >= 15 is 0 Å². The van der Waals surface area contributed by atoms with Crippen LogP contribution in [0.15, 0.2) is 12.3 Å². The van der Waals surface area contributed by atoms with Gasteiger partial charge in [-0.3, -0.25) is 4.98 Å². The van der Waals surface area contributed by atoms with Crippen LogP contribution in [0.5, 0.6) is 0 Å². The topological polar surface area (TPSA) is 59.1 Å². The monoisotopic (exact) mass is 310 g/mol. The van der Waals surface area contributed by atoms with Gasteiger partial charge in [0.15, 0.2) is 0 Å². The Bertz CT molecular complexity index is 506. The Kier molecular flexibility index (Phi) is 5.85. The van der Waals surface area contributed by atoms with Gasteiger partial charge in [0.05, 0.1) is 21.8 Å². The number of aromatic nitrogens is 1. The zero-order valence-corrected chi connectivity index (χ0v) is 12.6. The van der Waals surface area contributed by atoms with Gasteiger partial charge in [0, 0.05) is 18.2 Å². The van der Waals surface area contributed by atoms with Crippen molar-refractivity contribution in [2.75, 3.05) is 19.1 Å². The lowest BCUT2D eigenvalue weighted by Gasteiger charge is -2.16. The normalized spacial score (nSPS) is 13.6. The number of hydrogen-bond donors (Lipinski definition) is 1. The second-order valence-corrected chi connectivity index (χ2v) is 7.24. The molecule has 1 rings (SSSR count). The summed E-state index contributed by atoms with van der Waals surface area (Å²) >= 11 is 11.8. The van der Waals surface area contributed by atoms with Crippen molar-refractivity contribution in [2.24, 2.45) is 0 Å². The third-order valence-electron chi connectivity index (χ3n) is 2.52. The molecule has 7 heteroatoms. The average Bonchev–Trinajstić information content (AvgIpc) is 2.24. The largest absolute Gasteiger partial charge is 0.312 e. The maximum Gasteiger partial charge on any atom is 0.147 e. The lowest BCUT2D eigenvalue weighted by molar-refractivity contribution is 0.525. The molecule has 1 N–H and O–H groups in total. The standard InChI is InChI=1S/C11H16Cl2N2O2S/c1-14-10(4-3-5-18(2,16)17)11-9(13)6-8(12)7-15-11/h6-7,10,14H,3-5H2,1-2H3. The third-order valence-corrected chi connectivity index (χ3v) is 4.06. The molecule has 0 amide bonds. The van der Waals surface area contributed by atoms with Crippen LogP contribution in [-0.2, 0) is 9.84 Å². The molecular formula is C11H16Cl2N2O2S. The van der Waals surface area contributed by atoms with Gasteiger partial charge in [-0.15, -0.1) is 0 Å². The predicted octanol–water partition coefficient (Wildman–Crippen LogP) is 2.47. The summed E-state index contributed by atoms with van der Waals surface area (Å²) in [6, 6.07) is 1.56. The highest BCUT2D eigenvalue weighted by atomic mass is 35.5. The van der Waals surface area contributed by atoms with Crippen LogP contribution in [-0.4, -0.2) is 32.5 Å². The number of sulfone groups is 1. The van der Waals surface area contributed by atoms with Crippen molar-refractivity contribution >= 4 is 33.0 Å². The van der Waals surface area contributed by atoms with Crippen LogP contribution in [0.1, 0.15) is 24.6 Å². The zero-order valence-electron chi connectivity index (χ0n) is 10.3. The fraction of sp³-hybridized carbons (Fsp3) is 0.545. The van der Waals surface area contributed by atoms with Crippen molar-refractivity contribution in [1.29, 1.82) is 0 Å². The Morgan fingerprint density at radius 2 is 2.11 bits per heavy atom. The summed E-state index contributed by atoms with van der Waals surface area (Å²) in [5, 5.41) is 4.05. The smallest absolute Gasteiger partial charge is 0.147 e. The van der Waals surface area contributed by atoms with Crippen LogP contribution < -0.4 is 5.32 Å². The van der Waals surface area contributed by atoms with E-state index in [4.69, 9.17) is 23.2 Å². The highest BCUT2D eigenvalue weighted by molar-refractivity contribution is 7.90. The van der Waals surface area contributed by atoms with Gasteiger partial charge in [-0.25, -0.2) is 8.42 Å². The van der Waals surface area contributed by atoms with E-state index in [2.05, 4.69) is 10.3 Å². The van der Waals surface area contributed by atoms with Crippen molar-refractivity contribution in [1.82, 2.24) is 10.3 Å². The molecule has 0 aliphatic heterocycles. The summed E-state index contributed by atoms with van der Waals surface area (Å²) in [7, 11) is -1.14. The van der Waals surface area contributed by atoms with Gasteiger partial charge < -0.3 is 5.32 Å². The summed E-state index contributed by atoms with van der Waals surface area (Å²) in [4.78, 5) is 4.19. The fourth-order valence-electron chi connectivity index (χ4n) is 1.65. The van der Waals surface area contributed by atoms with E-state index in [0.717, 1.165) is 0 Å². The number of pyridine rings is 1. The first kappa shape index (κ1) is 15.7. The number of hydrogen-bond acceptors (Lipinski definition) is 4. The molecule has 0 aliphatic rings. The highest BCUT2D eigenvalue weighted by Gasteiger charge is 2.15. The number of nitrogens with one attached hydrogen (secondary N) is 1. The number of nitrogens with zero attached hydrogens (tertiary/aromatic N) is 1. The Morgan fingerprint density at radius 3 is 2.61 bits per heavy atom. The van der Waals surface area contributed by atoms with Crippen molar-refractivity contribution in [3.8, 4) is 0 Å². The number of rotatable bonds is 6. The van der Waals surface area contributed by atoms with Crippen LogP contribution in [0, 0.1) is 0 Å². The molecule has 1 unspecified atom stereocenters. The summed E-state index contributed by atoms with van der Waals surface area (Å²) in [6.45, 7) is 0. The first-order chi connectivity index (χ1) is 8.33. The predicted molar refractivity (Wildman–Crippen MR) is 75.0 cm³/mol. The second kappa shape index (κ2) is 6.70. The van der Waals surface area contributed by atoms with Gasteiger partial charge >= 0.3 is 0 Å². The molecular weight excluding hydrogens is 295 g/mol. The van der Waals surface area contributed by atoms with E-state index in [-0.39, 0.29) is 11.8 Å². The maximum absolute atomic E-state index is 11.1. The van der Waals surface area contributed by atoms with Crippen molar-refractivity contribution in [3.63, 3.8) is 0 Å². The van der Waals surface area contributed by atoms with Crippen LogP contribution in [0.25, 0.3) is 0 Å². The van der Waals surface area contributed by atoms with E-state index < -0.39 is 9.84 Å². The lowest BCUT2D eigenvalue weighted by Crippen LogP contribution is -2.19. The fourth-order valence-corrected chi connectivity index (χ4v) is 2.85. The Balaban J connectivity index is 2.71. The molecule has 102 valence electrons. The molecule has 1 heterocycles. The maximum atomic E-state index is 11.1. The first-order valence-corrected chi connectivity index (χ1v) is 8.31. The highest BCUT2D eigenvalue weighted by Crippen LogP contribution is 2.26. The molecule has 1 atom stereocenters. The molecule has 0 spiro atoms. The van der Waals surface area contributed by atoms with Gasteiger partial charge in [-0.05, 0) is 26.0 Å². The van der Waals surface area contributed by atoms with Crippen LogP contribution >= 0.6 is 23.2 Å². The molecule has 0 fully saturated rings. The van der Waals surface area contributed by atoms with E-state index in [9.17, 15) is 8.42 Å². The Hall–Kier alpha value is -0.360. The van der Waals surface area contributed by atoms with E-state index in [1.807, 2.05) is 0 Å². The minimum atomic E-state index is -2.93. The molecule has 0 saturated carbocycles. The SMILES string of the molecule is CNC(CCCS(C)(=O)=O)c1ncc(Cl)cc1Cl. The molecule has 0 aliphatic carbocycles. The van der Waals surface area contributed by atoms with Crippen LogP contribution in [0.3, 0.4) is 0 Å². The molecule has 4 nitrogen and oxygen atoms in total. The van der Waals surface area contributed by atoms with Crippen molar-refractivity contribution in [2.45, 2.75) is 18.9 Å². The zero-order chi connectivity index (χ0) is 13.8. The van der Waals surface area contributed by atoms with E-state index in [1.165, 1.54) is 12.5 Å². The van der Waals surface area contributed by atoms with Gasteiger partial charge in [-0.2, -0.15) is 0 Å². The summed E-state index contributed by atoms with van der Waals surface area (Å²) in [5.41, 5.74) is 0.692. The minimum Gasteiger partial charge on any atom is -0.312 e. The number of halogens is 2. The minimum absolute atomic E-state index is 0.0727. The quantitative estimate of drug-likeness (QED) is 0.877. The van der Waals surface area contributed by atoms with Crippen molar-refractivity contribution in [3.05, 3.63) is 28.0 Å². The molecule has 1 aromatic rings. The van der Waals surface area contributed by atoms with E-state index in [1.54, 1.807) is 13.1 Å². The summed E-state index contributed by atoms with van der Waals surface area (Å²) in [6.07, 6.45) is 3.97. The van der Waals surface area contributed by atoms with Gasteiger partial charge in [0.2, 0.25) is 0 Å². The van der Waals surface area contributed by atoms with Gasteiger partial charge in [-0.1, -0.05) is 23.2 Å². The Labute approximate surface area is 118 Å². The van der Waals surface area contributed by atoms with Gasteiger partial charge in [0.25, 0.3) is 0 Å². The lowest BCUT2D eigenvalue weighted by atomic mass is 10.1. The van der Waals surface area contributed by atoms with E-state index in [0.29, 0.717) is 28.6 Å². The molecule has 0 bridgehead atoms. The molecule has 18 heavy (non-hydrogen) atoms. The average molecular weight is 311 g/mol. The molecule has 0 radical (unpaired) electrons. The Morgan fingerprint density at radius 1 is 1.44 bits per heavy atom.